The summed E-state index contributed by atoms with van der Waals surface area (Å²) in [5.41, 5.74) is 2.50. The van der Waals surface area contributed by atoms with Crippen molar-refractivity contribution in [1.29, 1.82) is 0 Å². The van der Waals surface area contributed by atoms with Crippen molar-refractivity contribution in [2.45, 2.75) is 32.1 Å². The number of nitrogens with zero attached hydrogens (tertiary/aromatic N) is 1. The molecule has 0 amide bonds. The van der Waals surface area contributed by atoms with E-state index in [9.17, 15) is 0 Å². The van der Waals surface area contributed by atoms with Gasteiger partial charge in [0.15, 0.2) is 0 Å². The Labute approximate surface area is 85.3 Å². The zero-order chi connectivity index (χ0) is 9.97. The molecule has 2 heterocycles. The molecular weight excluding hydrogens is 174 g/mol. The third kappa shape index (κ3) is 1.95. The van der Waals surface area contributed by atoms with E-state index in [1.54, 1.807) is 0 Å². The lowest BCUT2D eigenvalue weighted by Gasteiger charge is -2.09. The first-order valence-electron chi connectivity index (χ1n) is 5.31. The fourth-order valence-corrected chi connectivity index (χ4v) is 1.77. The Balaban J connectivity index is 2.12. The molecule has 0 aliphatic carbocycles. The summed E-state index contributed by atoms with van der Waals surface area (Å²) in [7, 11) is 0. The highest BCUT2D eigenvalue weighted by Gasteiger charge is 2.18. The molecule has 1 aromatic rings. The summed E-state index contributed by atoms with van der Waals surface area (Å²) >= 11 is 0. The van der Waals surface area contributed by atoms with E-state index in [0.29, 0.717) is 11.8 Å². The maximum absolute atomic E-state index is 5.35. The van der Waals surface area contributed by atoms with E-state index in [4.69, 9.17) is 4.74 Å². The van der Waals surface area contributed by atoms with E-state index in [-0.39, 0.29) is 0 Å². The predicted molar refractivity (Wildman–Crippen MR) is 56.5 cm³/mol. The lowest BCUT2D eigenvalue weighted by molar-refractivity contribution is 0.193. The molecule has 0 bridgehead atoms. The summed E-state index contributed by atoms with van der Waals surface area (Å²) in [6.07, 6.45) is 3.12. The predicted octanol–water partition coefficient (Wildman–Crippen LogP) is 2.71. The number of rotatable bonds is 2. The molecule has 1 aliphatic heterocycles. The Bertz CT molecular complexity index is 286. The van der Waals surface area contributed by atoms with Crippen LogP contribution in [0.3, 0.4) is 0 Å². The van der Waals surface area contributed by atoms with Gasteiger partial charge in [-0.05, 0) is 24.0 Å². The summed E-state index contributed by atoms with van der Waals surface area (Å²) in [4.78, 5) is 4.50. The Morgan fingerprint density at radius 1 is 1.43 bits per heavy atom. The van der Waals surface area contributed by atoms with Gasteiger partial charge >= 0.3 is 0 Å². The lowest BCUT2D eigenvalue weighted by Crippen LogP contribution is -2.01. The Morgan fingerprint density at radius 3 is 2.79 bits per heavy atom. The van der Waals surface area contributed by atoms with Crippen molar-refractivity contribution in [2.75, 3.05) is 13.2 Å². The van der Waals surface area contributed by atoms with Gasteiger partial charge in [-0.1, -0.05) is 19.9 Å². The van der Waals surface area contributed by atoms with Crippen molar-refractivity contribution in [3.8, 4) is 0 Å². The average molecular weight is 191 g/mol. The maximum Gasteiger partial charge on any atom is 0.0550 e. The first-order chi connectivity index (χ1) is 6.77. The van der Waals surface area contributed by atoms with Crippen LogP contribution in [0.5, 0.6) is 0 Å². The normalized spacial score (nSPS) is 21.8. The van der Waals surface area contributed by atoms with E-state index in [1.165, 1.54) is 11.3 Å². The van der Waals surface area contributed by atoms with Gasteiger partial charge in [0, 0.05) is 24.4 Å². The second-order valence-corrected chi connectivity index (χ2v) is 4.23. The van der Waals surface area contributed by atoms with Crippen LogP contribution < -0.4 is 0 Å². The Kier molecular flexibility index (Phi) is 2.82. The number of hydrogen-bond acceptors (Lipinski definition) is 2. The fraction of sp³-hybridized carbons (Fsp3) is 0.583. The molecule has 0 aromatic carbocycles. The van der Waals surface area contributed by atoms with Crippen molar-refractivity contribution < 1.29 is 4.74 Å². The first kappa shape index (κ1) is 9.66. The number of aromatic nitrogens is 1. The van der Waals surface area contributed by atoms with Gasteiger partial charge < -0.3 is 4.74 Å². The van der Waals surface area contributed by atoms with Crippen LogP contribution in [-0.4, -0.2) is 18.2 Å². The molecule has 0 radical (unpaired) electrons. The van der Waals surface area contributed by atoms with Crippen LogP contribution in [0.15, 0.2) is 18.3 Å². The van der Waals surface area contributed by atoms with Crippen LogP contribution in [0.4, 0.5) is 0 Å². The Hall–Kier alpha value is -0.890. The largest absolute Gasteiger partial charge is 0.381 e. The molecule has 1 aromatic heterocycles. The quantitative estimate of drug-likeness (QED) is 0.717. The van der Waals surface area contributed by atoms with Crippen molar-refractivity contribution in [1.82, 2.24) is 4.98 Å². The average Bonchev–Trinajstić information content (AvgIpc) is 2.71. The molecule has 2 rings (SSSR count). The first-order valence-corrected chi connectivity index (χ1v) is 5.31. The molecule has 0 saturated carbocycles. The second kappa shape index (κ2) is 4.09. The fourth-order valence-electron chi connectivity index (χ4n) is 1.77. The van der Waals surface area contributed by atoms with Crippen LogP contribution in [0.2, 0.25) is 0 Å². The molecule has 1 unspecified atom stereocenters. The molecule has 1 fully saturated rings. The van der Waals surface area contributed by atoms with Gasteiger partial charge in [0.05, 0.1) is 6.61 Å². The van der Waals surface area contributed by atoms with Crippen LogP contribution in [-0.2, 0) is 4.74 Å². The van der Waals surface area contributed by atoms with Gasteiger partial charge in [-0.25, -0.2) is 0 Å². The summed E-state index contributed by atoms with van der Waals surface area (Å²) < 4.78 is 5.35. The summed E-state index contributed by atoms with van der Waals surface area (Å²) in [5, 5.41) is 0. The zero-order valence-corrected chi connectivity index (χ0v) is 8.86. The third-order valence-electron chi connectivity index (χ3n) is 2.82. The van der Waals surface area contributed by atoms with E-state index < -0.39 is 0 Å². The monoisotopic (exact) mass is 191 g/mol. The molecule has 0 N–H and O–H groups in total. The molecule has 2 heteroatoms. The lowest BCUT2D eigenvalue weighted by atomic mass is 10.0. The van der Waals surface area contributed by atoms with Crippen molar-refractivity contribution in [3.63, 3.8) is 0 Å². The molecule has 76 valence electrons. The highest BCUT2D eigenvalue weighted by atomic mass is 16.5. The Morgan fingerprint density at radius 2 is 2.29 bits per heavy atom. The van der Waals surface area contributed by atoms with Crippen LogP contribution in [0.25, 0.3) is 0 Å². The molecule has 2 nitrogen and oxygen atoms in total. The van der Waals surface area contributed by atoms with Gasteiger partial charge in [-0.2, -0.15) is 0 Å². The minimum absolute atomic E-state index is 0.524. The highest BCUT2D eigenvalue weighted by Crippen LogP contribution is 2.24. The molecule has 0 spiro atoms. The third-order valence-corrected chi connectivity index (χ3v) is 2.82. The number of hydrogen-bond donors (Lipinski definition) is 0. The topological polar surface area (TPSA) is 22.1 Å². The zero-order valence-electron chi connectivity index (χ0n) is 8.86. The van der Waals surface area contributed by atoms with Gasteiger partial charge in [0.1, 0.15) is 0 Å². The smallest absolute Gasteiger partial charge is 0.0550 e. The van der Waals surface area contributed by atoms with Crippen LogP contribution in [0.1, 0.15) is 43.4 Å². The van der Waals surface area contributed by atoms with Gasteiger partial charge in [0.2, 0.25) is 0 Å². The van der Waals surface area contributed by atoms with Gasteiger partial charge in [-0.3, -0.25) is 4.98 Å². The van der Waals surface area contributed by atoms with E-state index in [1.807, 2.05) is 6.20 Å². The van der Waals surface area contributed by atoms with Crippen molar-refractivity contribution in [3.05, 3.63) is 29.6 Å². The molecule has 14 heavy (non-hydrogen) atoms. The second-order valence-electron chi connectivity index (χ2n) is 4.23. The van der Waals surface area contributed by atoms with E-state index >= 15 is 0 Å². The van der Waals surface area contributed by atoms with E-state index in [0.717, 1.165) is 19.6 Å². The minimum atomic E-state index is 0.524. The van der Waals surface area contributed by atoms with Crippen molar-refractivity contribution >= 4 is 0 Å². The molecular formula is C12H17NO. The SMILES string of the molecule is CC(C)c1ccc(C2CCOC2)nc1. The summed E-state index contributed by atoms with van der Waals surface area (Å²) in [6.45, 7) is 6.11. The summed E-state index contributed by atoms with van der Waals surface area (Å²) in [5.74, 6) is 1.09. The van der Waals surface area contributed by atoms with Crippen LogP contribution >= 0.6 is 0 Å². The standard InChI is InChI=1S/C12H17NO/c1-9(2)10-3-4-12(13-7-10)11-5-6-14-8-11/h3-4,7,9,11H,5-6,8H2,1-2H3. The highest BCUT2D eigenvalue weighted by molar-refractivity contribution is 5.19. The maximum atomic E-state index is 5.35. The van der Waals surface area contributed by atoms with Gasteiger partial charge in [0.25, 0.3) is 0 Å². The van der Waals surface area contributed by atoms with Gasteiger partial charge in [-0.15, -0.1) is 0 Å². The summed E-state index contributed by atoms with van der Waals surface area (Å²) in [6, 6.07) is 4.33. The van der Waals surface area contributed by atoms with Crippen LogP contribution in [0, 0.1) is 0 Å². The number of ether oxygens (including phenoxy) is 1. The molecule has 1 atom stereocenters. The number of pyridine rings is 1. The minimum Gasteiger partial charge on any atom is -0.381 e. The van der Waals surface area contributed by atoms with E-state index in [2.05, 4.69) is 31.0 Å². The molecule has 1 saturated heterocycles. The molecule has 1 aliphatic rings. The van der Waals surface area contributed by atoms with Crippen molar-refractivity contribution in [2.24, 2.45) is 0 Å².